The first kappa shape index (κ1) is 10.5. The molecule has 4 nitrogen and oxygen atoms in total. The Balaban J connectivity index is 2.47. The molecule has 1 aliphatic rings. The van der Waals surface area contributed by atoms with Crippen LogP contribution in [0.3, 0.4) is 0 Å². The molecule has 0 saturated carbocycles. The Labute approximate surface area is 88.9 Å². The van der Waals surface area contributed by atoms with Gasteiger partial charge in [0, 0.05) is 6.07 Å². The molecule has 84 valence electrons. The number of anilines is 1. The molecule has 0 radical (unpaired) electrons. The Morgan fingerprint density at radius 1 is 1.44 bits per heavy atom. The lowest BCUT2D eigenvalue weighted by Gasteiger charge is -2.05. The second kappa shape index (κ2) is 3.55. The lowest BCUT2D eigenvalue weighted by Crippen LogP contribution is -2.15. The third kappa shape index (κ3) is 1.62. The van der Waals surface area contributed by atoms with E-state index >= 15 is 0 Å². The molecule has 1 amide bonds. The van der Waals surface area contributed by atoms with Crippen molar-refractivity contribution in [2.45, 2.75) is 12.3 Å². The molecule has 16 heavy (non-hydrogen) atoms. The fourth-order valence-corrected chi connectivity index (χ4v) is 1.73. The number of carbonyl (C=O) groups is 2. The predicted molar refractivity (Wildman–Crippen MR) is 50.0 cm³/mol. The Morgan fingerprint density at radius 3 is 2.75 bits per heavy atom. The summed E-state index contributed by atoms with van der Waals surface area (Å²) in [6.45, 7) is 0. The fraction of sp³-hybridized carbons (Fsp3) is 0.200. The summed E-state index contributed by atoms with van der Waals surface area (Å²) in [6, 6.07) is 1.62. The van der Waals surface area contributed by atoms with Crippen molar-refractivity contribution in [1.29, 1.82) is 0 Å². The van der Waals surface area contributed by atoms with Crippen molar-refractivity contribution >= 4 is 17.6 Å². The van der Waals surface area contributed by atoms with Crippen molar-refractivity contribution in [3.05, 3.63) is 29.3 Å². The lowest BCUT2D eigenvalue weighted by atomic mass is 9.97. The zero-order chi connectivity index (χ0) is 11.9. The topological polar surface area (TPSA) is 66.4 Å². The molecule has 0 aromatic heterocycles. The fourth-order valence-electron chi connectivity index (χ4n) is 1.73. The summed E-state index contributed by atoms with van der Waals surface area (Å²) in [5.74, 6) is -4.57. The van der Waals surface area contributed by atoms with E-state index in [9.17, 15) is 18.4 Å². The van der Waals surface area contributed by atoms with Crippen LogP contribution in [0.15, 0.2) is 12.1 Å². The molecule has 1 aromatic carbocycles. The monoisotopic (exact) mass is 227 g/mol. The van der Waals surface area contributed by atoms with Gasteiger partial charge in [-0.2, -0.15) is 0 Å². The molecule has 1 heterocycles. The van der Waals surface area contributed by atoms with Gasteiger partial charge < -0.3 is 10.4 Å². The van der Waals surface area contributed by atoms with Crippen LogP contribution in [-0.4, -0.2) is 17.0 Å². The molecular formula is C10H7F2NO3. The van der Waals surface area contributed by atoms with Crippen molar-refractivity contribution in [2.75, 3.05) is 5.32 Å². The highest BCUT2D eigenvalue weighted by Crippen LogP contribution is 2.36. The van der Waals surface area contributed by atoms with Gasteiger partial charge in [-0.25, -0.2) is 8.78 Å². The van der Waals surface area contributed by atoms with Crippen LogP contribution in [0.4, 0.5) is 14.5 Å². The van der Waals surface area contributed by atoms with Gasteiger partial charge in [0.05, 0.1) is 18.0 Å². The van der Waals surface area contributed by atoms with Crippen LogP contribution in [0, 0.1) is 11.6 Å². The van der Waals surface area contributed by atoms with E-state index in [-0.39, 0.29) is 11.3 Å². The summed E-state index contributed by atoms with van der Waals surface area (Å²) < 4.78 is 26.2. The van der Waals surface area contributed by atoms with Crippen LogP contribution in [0.2, 0.25) is 0 Å². The van der Waals surface area contributed by atoms with Crippen LogP contribution < -0.4 is 5.32 Å². The van der Waals surface area contributed by atoms with Crippen LogP contribution in [0.25, 0.3) is 0 Å². The maximum atomic E-state index is 13.2. The van der Waals surface area contributed by atoms with Crippen LogP contribution in [0.5, 0.6) is 0 Å². The first-order valence-electron chi connectivity index (χ1n) is 4.50. The van der Waals surface area contributed by atoms with Gasteiger partial charge in [-0.05, 0) is 11.6 Å². The van der Waals surface area contributed by atoms with E-state index in [0.717, 1.165) is 6.07 Å². The number of carbonyl (C=O) groups excluding carboxylic acids is 1. The Kier molecular flexibility index (Phi) is 2.34. The van der Waals surface area contributed by atoms with E-state index in [1.54, 1.807) is 0 Å². The molecule has 0 fully saturated rings. The number of aliphatic carboxylic acids is 1. The number of hydrogen-bond donors (Lipinski definition) is 2. The predicted octanol–water partition coefficient (Wildman–Crippen LogP) is 1.48. The standard InChI is InChI=1S/C10H7F2NO3/c11-4-1-5-6(3-8(14)15)10(16)13-9(5)7(12)2-4/h1-2,6H,3H2,(H,13,16)(H,14,15). The minimum atomic E-state index is -1.20. The first-order valence-corrected chi connectivity index (χ1v) is 4.50. The minimum Gasteiger partial charge on any atom is -0.481 e. The molecule has 0 bridgehead atoms. The molecule has 2 rings (SSSR count). The van der Waals surface area contributed by atoms with Crippen molar-refractivity contribution in [1.82, 2.24) is 0 Å². The summed E-state index contributed by atoms with van der Waals surface area (Å²) in [5, 5.41) is 10.8. The number of benzene rings is 1. The third-order valence-corrected chi connectivity index (χ3v) is 2.40. The zero-order valence-electron chi connectivity index (χ0n) is 7.96. The summed E-state index contributed by atoms with van der Waals surface area (Å²) in [7, 11) is 0. The highest BCUT2D eigenvalue weighted by Gasteiger charge is 2.34. The molecule has 0 saturated heterocycles. The highest BCUT2D eigenvalue weighted by molar-refractivity contribution is 6.04. The summed E-state index contributed by atoms with van der Waals surface area (Å²) in [6.07, 6.45) is -0.484. The van der Waals surface area contributed by atoms with E-state index in [1.807, 2.05) is 0 Å². The highest BCUT2D eigenvalue weighted by atomic mass is 19.1. The van der Waals surface area contributed by atoms with Gasteiger partial charge >= 0.3 is 5.97 Å². The van der Waals surface area contributed by atoms with Gasteiger partial charge in [-0.1, -0.05) is 0 Å². The molecule has 1 aromatic rings. The Hall–Kier alpha value is -1.98. The van der Waals surface area contributed by atoms with Crippen molar-refractivity contribution in [3.8, 4) is 0 Å². The summed E-state index contributed by atoms with van der Waals surface area (Å²) >= 11 is 0. The largest absolute Gasteiger partial charge is 0.481 e. The average molecular weight is 227 g/mol. The molecule has 0 spiro atoms. The molecule has 2 N–H and O–H groups in total. The minimum absolute atomic E-state index is 0.0601. The number of carboxylic acids is 1. The number of fused-ring (bicyclic) bond motifs is 1. The van der Waals surface area contributed by atoms with E-state index < -0.39 is 35.8 Å². The summed E-state index contributed by atoms with van der Waals surface area (Å²) in [5.41, 5.74) is -0.0671. The lowest BCUT2D eigenvalue weighted by molar-refractivity contribution is -0.138. The maximum Gasteiger partial charge on any atom is 0.304 e. The van der Waals surface area contributed by atoms with Gasteiger partial charge in [0.15, 0.2) is 0 Å². The van der Waals surface area contributed by atoms with Gasteiger partial charge in [0.1, 0.15) is 11.6 Å². The molecular weight excluding hydrogens is 220 g/mol. The maximum absolute atomic E-state index is 13.2. The number of rotatable bonds is 2. The van der Waals surface area contributed by atoms with Crippen molar-refractivity contribution < 1.29 is 23.5 Å². The van der Waals surface area contributed by atoms with Crippen molar-refractivity contribution in [3.63, 3.8) is 0 Å². The van der Waals surface area contributed by atoms with E-state index in [0.29, 0.717) is 6.07 Å². The Bertz CT molecular complexity index is 487. The Morgan fingerprint density at radius 2 is 2.12 bits per heavy atom. The van der Waals surface area contributed by atoms with E-state index in [2.05, 4.69) is 5.32 Å². The van der Waals surface area contributed by atoms with Gasteiger partial charge in [-0.3, -0.25) is 9.59 Å². The van der Waals surface area contributed by atoms with E-state index in [4.69, 9.17) is 5.11 Å². The smallest absolute Gasteiger partial charge is 0.304 e. The first-order chi connectivity index (χ1) is 7.49. The number of carboxylic acid groups (broad SMARTS) is 1. The van der Waals surface area contributed by atoms with Crippen LogP contribution in [-0.2, 0) is 9.59 Å². The number of nitrogens with one attached hydrogen (secondary N) is 1. The van der Waals surface area contributed by atoms with Gasteiger partial charge in [-0.15, -0.1) is 0 Å². The number of amides is 1. The second-order valence-electron chi connectivity index (χ2n) is 3.49. The molecule has 1 aliphatic heterocycles. The normalized spacial score (nSPS) is 18.1. The molecule has 1 unspecified atom stereocenters. The quantitative estimate of drug-likeness (QED) is 0.804. The SMILES string of the molecule is O=C(O)CC1C(=O)Nc2c(F)cc(F)cc21. The second-order valence-corrected chi connectivity index (χ2v) is 3.49. The molecule has 1 atom stereocenters. The average Bonchev–Trinajstić information content (AvgIpc) is 2.45. The third-order valence-electron chi connectivity index (χ3n) is 2.40. The van der Waals surface area contributed by atoms with E-state index in [1.165, 1.54) is 0 Å². The molecule has 0 aliphatic carbocycles. The number of halogens is 2. The van der Waals surface area contributed by atoms with Crippen LogP contribution in [0.1, 0.15) is 17.9 Å². The van der Waals surface area contributed by atoms with Gasteiger partial charge in [0.2, 0.25) is 5.91 Å². The van der Waals surface area contributed by atoms with Crippen molar-refractivity contribution in [2.24, 2.45) is 0 Å². The molecule has 6 heteroatoms. The van der Waals surface area contributed by atoms with Crippen LogP contribution >= 0.6 is 0 Å². The zero-order valence-corrected chi connectivity index (χ0v) is 7.96. The number of hydrogen-bond acceptors (Lipinski definition) is 2. The summed E-state index contributed by atoms with van der Waals surface area (Å²) in [4.78, 5) is 21.9. The van der Waals surface area contributed by atoms with Gasteiger partial charge in [0.25, 0.3) is 0 Å².